The van der Waals surface area contributed by atoms with Crippen LogP contribution in [0, 0.1) is 11.3 Å². The van der Waals surface area contributed by atoms with E-state index in [1.165, 1.54) is 6.07 Å². The summed E-state index contributed by atoms with van der Waals surface area (Å²) in [7, 11) is 0. The van der Waals surface area contributed by atoms with Gasteiger partial charge in [-0.1, -0.05) is 6.07 Å². The highest BCUT2D eigenvalue weighted by Gasteiger charge is 2.15. The van der Waals surface area contributed by atoms with Gasteiger partial charge in [-0.2, -0.15) is 10.4 Å². The van der Waals surface area contributed by atoms with Crippen molar-refractivity contribution in [1.82, 2.24) is 14.8 Å². The van der Waals surface area contributed by atoms with Crippen LogP contribution in [0.3, 0.4) is 0 Å². The number of hydrogen-bond acceptors (Lipinski definition) is 5. The first kappa shape index (κ1) is 15.0. The van der Waals surface area contributed by atoms with E-state index in [1.807, 2.05) is 23.6 Å². The summed E-state index contributed by atoms with van der Waals surface area (Å²) >= 11 is 1.54. The second-order valence-corrected chi connectivity index (χ2v) is 5.64. The highest BCUT2D eigenvalue weighted by molar-refractivity contribution is 7.13. The lowest BCUT2D eigenvalue weighted by Crippen LogP contribution is -2.17. The first-order chi connectivity index (χ1) is 11.2. The molecule has 1 amide bonds. The molecule has 0 saturated heterocycles. The third kappa shape index (κ3) is 3.15. The van der Waals surface area contributed by atoms with Gasteiger partial charge < -0.3 is 15.4 Å². The molecule has 116 valence electrons. The molecule has 0 bridgehead atoms. The maximum atomic E-state index is 12.2. The van der Waals surface area contributed by atoms with Crippen LogP contribution in [0.15, 0.2) is 35.7 Å². The number of carbonyl (C=O) groups excluding carboxylic acids is 1. The monoisotopic (exact) mass is 327 g/mol. The number of thiophene rings is 1. The summed E-state index contributed by atoms with van der Waals surface area (Å²) in [5, 5.41) is 27.0. The summed E-state index contributed by atoms with van der Waals surface area (Å²) in [6, 6.07) is 10.6. The van der Waals surface area contributed by atoms with E-state index in [4.69, 9.17) is 10.4 Å². The predicted octanol–water partition coefficient (Wildman–Crippen LogP) is 2.06. The highest BCUT2D eigenvalue weighted by Crippen LogP contribution is 2.26. The average molecular weight is 327 g/mol. The van der Waals surface area contributed by atoms with Gasteiger partial charge in [-0.05, 0) is 23.6 Å². The third-order valence-electron chi connectivity index (χ3n) is 3.16. The Kier molecular flexibility index (Phi) is 4.23. The van der Waals surface area contributed by atoms with Crippen molar-refractivity contribution in [3.05, 3.63) is 47.1 Å². The highest BCUT2D eigenvalue weighted by atomic mass is 32.1. The second-order valence-electron chi connectivity index (χ2n) is 4.69. The van der Waals surface area contributed by atoms with E-state index in [2.05, 4.69) is 15.4 Å². The first-order valence-corrected chi connectivity index (χ1v) is 7.72. The molecule has 0 aliphatic rings. The lowest BCUT2D eigenvalue weighted by molar-refractivity contribution is 0.102. The van der Waals surface area contributed by atoms with Crippen LogP contribution in [0.5, 0.6) is 0 Å². The number of H-pyrrole nitrogens is 1. The Balaban J connectivity index is 1.86. The van der Waals surface area contributed by atoms with Crippen LogP contribution in [-0.4, -0.2) is 32.4 Å². The van der Waals surface area contributed by atoms with Gasteiger partial charge in [0, 0.05) is 6.07 Å². The molecule has 3 heterocycles. The van der Waals surface area contributed by atoms with Crippen molar-refractivity contribution < 1.29 is 9.90 Å². The van der Waals surface area contributed by atoms with Crippen molar-refractivity contribution in [3.63, 3.8) is 0 Å². The molecule has 7 nitrogen and oxygen atoms in total. The number of aliphatic hydroxyl groups excluding tert-OH is 1. The number of aromatic amines is 1. The van der Waals surface area contributed by atoms with Gasteiger partial charge in [0.15, 0.2) is 0 Å². The molecule has 23 heavy (non-hydrogen) atoms. The molecular formula is C15H13N5O2S. The van der Waals surface area contributed by atoms with E-state index >= 15 is 0 Å². The summed E-state index contributed by atoms with van der Waals surface area (Å²) in [5.41, 5.74) is 1.34. The zero-order valence-electron chi connectivity index (χ0n) is 12.0. The number of aromatic nitrogens is 3. The molecule has 0 radical (unpaired) electrons. The maximum absolute atomic E-state index is 12.2. The molecule has 0 unspecified atom stereocenters. The zero-order chi connectivity index (χ0) is 16.2. The Bertz CT molecular complexity index is 857. The van der Waals surface area contributed by atoms with Crippen LogP contribution in [0.25, 0.3) is 10.6 Å². The molecule has 0 fully saturated rings. The van der Waals surface area contributed by atoms with E-state index in [0.29, 0.717) is 11.5 Å². The Labute approximate surface area is 135 Å². The molecule has 0 aliphatic carbocycles. The van der Waals surface area contributed by atoms with Crippen LogP contribution in [-0.2, 0) is 6.54 Å². The number of aliphatic hydroxyl groups is 1. The summed E-state index contributed by atoms with van der Waals surface area (Å²) < 4.78 is 1.54. The number of amides is 1. The molecule has 8 heteroatoms. The summed E-state index contributed by atoms with van der Waals surface area (Å²) in [5.74, 6) is 0.115. The minimum atomic E-state index is -0.372. The summed E-state index contributed by atoms with van der Waals surface area (Å²) in [6.07, 6.45) is 0. The van der Waals surface area contributed by atoms with E-state index in [0.717, 1.165) is 10.6 Å². The second kappa shape index (κ2) is 6.48. The number of carbonyl (C=O) groups is 1. The molecule has 0 aliphatic heterocycles. The number of nitrogens with one attached hydrogen (secondary N) is 2. The van der Waals surface area contributed by atoms with Crippen LogP contribution in [0.2, 0.25) is 0 Å². The van der Waals surface area contributed by atoms with Crippen LogP contribution in [0.4, 0.5) is 5.82 Å². The number of hydrogen-bond donors (Lipinski definition) is 3. The fourth-order valence-electron chi connectivity index (χ4n) is 2.10. The van der Waals surface area contributed by atoms with Crippen molar-refractivity contribution in [1.29, 1.82) is 5.26 Å². The number of nitrogens with zero attached hydrogens (tertiary/aromatic N) is 3. The van der Waals surface area contributed by atoms with Crippen LogP contribution >= 0.6 is 11.3 Å². The number of anilines is 1. The van der Waals surface area contributed by atoms with Gasteiger partial charge in [0.2, 0.25) is 0 Å². The van der Waals surface area contributed by atoms with Gasteiger partial charge >= 0.3 is 0 Å². The van der Waals surface area contributed by atoms with Gasteiger partial charge in [0.25, 0.3) is 5.91 Å². The SMILES string of the molecule is N#Cc1ccc(C(=O)Nc2cc(-c3cccs3)nn2CCO)[nH]1. The smallest absolute Gasteiger partial charge is 0.273 e. The quantitative estimate of drug-likeness (QED) is 0.666. The minimum absolute atomic E-state index is 0.0878. The molecule has 0 aromatic carbocycles. The summed E-state index contributed by atoms with van der Waals surface area (Å²) in [6.45, 7) is 0.185. The standard InChI is InChI=1S/C15H13N5O2S/c16-9-10-3-4-11(17-10)15(22)18-14-8-12(13-2-1-7-23-13)19-20(14)5-6-21/h1-4,7-8,17,21H,5-6H2,(H,18,22). The summed E-state index contributed by atoms with van der Waals surface area (Å²) in [4.78, 5) is 15.9. The predicted molar refractivity (Wildman–Crippen MR) is 86.1 cm³/mol. The maximum Gasteiger partial charge on any atom is 0.273 e. The van der Waals surface area contributed by atoms with Crippen molar-refractivity contribution in [2.24, 2.45) is 0 Å². The molecule has 3 aromatic heterocycles. The van der Waals surface area contributed by atoms with E-state index in [-0.39, 0.29) is 24.8 Å². The third-order valence-corrected chi connectivity index (χ3v) is 4.05. The Hall–Kier alpha value is -2.89. The van der Waals surface area contributed by atoms with Gasteiger partial charge in [0.05, 0.1) is 18.0 Å². The normalized spacial score (nSPS) is 10.4. The van der Waals surface area contributed by atoms with Gasteiger partial charge in [-0.3, -0.25) is 4.79 Å². The van der Waals surface area contributed by atoms with Gasteiger partial charge in [-0.25, -0.2) is 4.68 Å². The lowest BCUT2D eigenvalue weighted by atomic mass is 10.3. The van der Waals surface area contributed by atoms with Crippen molar-refractivity contribution >= 4 is 23.1 Å². The molecule has 0 spiro atoms. The molecule has 0 saturated carbocycles. The fraction of sp³-hybridized carbons (Fsp3) is 0.133. The fourth-order valence-corrected chi connectivity index (χ4v) is 2.79. The van der Waals surface area contributed by atoms with Crippen molar-refractivity contribution in [3.8, 4) is 16.6 Å². The lowest BCUT2D eigenvalue weighted by Gasteiger charge is -2.06. The van der Waals surface area contributed by atoms with E-state index in [1.54, 1.807) is 28.2 Å². The molecular weight excluding hydrogens is 314 g/mol. The van der Waals surface area contributed by atoms with Crippen molar-refractivity contribution in [2.75, 3.05) is 11.9 Å². The number of rotatable bonds is 5. The molecule has 3 rings (SSSR count). The van der Waals surface area contributed by atoms with Gasteiger partial charge in [0.1, 0.15) is 29.0 Å². The molecule has 3 aromatic rings. The largest absolute Gasteiger partial charge is 0.394 e. The molecule has 3 N–H and O–H groups in total. The van der Waals surface area contributed by atoms with E-state index in [9.17, 15) is 4.79 Å². The van der Waals surface area contributed by atoms with Gasteiger partial charge in [-0.15, -0.1) is 11.3 Å². The topological polar surface area (TPSA) is 107 Å². The Morgan fingerprint density at radius 2 is 2.35 bits per heavy atom. The average Bonchev–Trinajstić information content (AvgIpc) is 3.28. The zero-order valence-corrected chi connectivity index (χ0v) is 12.8. The Morgan fingerprint density at radius 3 is 3.00 bits per heavy atom. The van der Waals surface area contributed by atoms with Crippen LogP contribution in [0.1, 0.15) is 16.2 Å². The first-order valence-electron chi connectivity index (χ1n) is 6.84. The van der Waals surface area contributed by atoms with Crippen molar-refractivity contribution in [2.45, 2.75) is 6.54 Å². The van der Waals surface area contributed by atoms with Crippen LogP contribution < -0.4 is 5.32 Å². The molecule has 0 atom stereocenters. The number of nitriles is 1. The van der Waals surface area contributed by atoms with E-state index < -0.39 is 0 Å². The Morgan fingerprint density at radius 1 is 1.48 bits per heavy atom. The minimum Gasteiger partial charge on any atom is -0.394 e.